The van der Waals surface area contributed by atoms with Crippen molar-refractivity contribution in [2.24, 2.45) is 17.8 Å². The Morgan fingerprint density at radius 1 is 0.758 bits per heavy atom. The number of benzene rings is 3. The molecule has 5 atom stereocenters. The van der Waals surface area contributed by atoms with Gasteiger partial charge in [0.05, 0.1) is 11.6 Å². The van der Waals surface area contributed by atoms with Gasteiger partial charge < -0.3 is 15.7 Å². The van der Waals surface area contributed by atoms with Crippen molar-refractivity contribution in [1.29, 1.82) is 0 Å². The van der Waals surface area contributed by atoms with Crippen molar-refractivity contribution < 1.29 is 19.5 Å². The minimum absolute atomic E-state index is 0.0000518. The zero-order valence-electron chi connectivity index (χ0n) is 17.7. The molecule has 6 heteroatoms. The molecule has 1 saturated carbocycles. The number of amides is 2. The summed E-state index contributed by atoms with van der Waals surface area (Å²) in [7, 11) is 0. The Morgan fingerprint density at radius 2 is 1.42 bits per heavy atom. The molecule has 3 N–H and O–H groups in total. The van der Waals surface area contributed by atoms with Gasteiger partial charge in [-0.3, -0.25) is 14.4 Å². The van der Waals surface area contributed by atoms with Crippen LogP contribution in [0.4, 0.5) is 11.4 Å². The summed E-state index contributed by atoms with van der Waals surface area (Å²) >= 11 is 0. The second-order valence-corrected chi connectivity index (χ2v) is 9.07. The van der Waals surface area contributed by atoms with Gasteiger partial charge in [0.1, 0.15) is 5.60 Å². The monoisotopic (exact) mass is 438 g/mol. The van der Waals surface area contributed by atoms with Crippen LogP contribution in [0.25, 0.3) is 0 Å². The minimum Gasteiger partial charge on any atom is -0.384 e. The molecule has 3 aliphatic rings. The highest BCUT2D eigenvalue weighted by Gasteiger charge is 2.67. The molecule has 0 saturated heterocycles. The van der Waals surface area contributed by atoms with Gasteiger partial charge in [-0.25, -0.2) is 0 Å². The molecule has 6 rings (SSSR count). The van der Waals surface area contributed by atoms with Crippen molar-refractivity contribution in [2.75, 3.05) is 10.6 Å². The van der Waals surface area contributed by atoms with Crippen LogP contribution < -0.4 is 10.6 Å². The smallest absolute Gasteiger partial charge is 0.231 e. The SMILES string of the molecule is O=C1C[C@H]2[C@H](c3ccccc3)[C@H]3C(=O)c4ccccc4NC(=O)[C@@H]3[C@@]2(O)c2ccccc2N1. The Bertz CT molecular complexity index is 1300. The standard InChI is InChI=1S/C27H22N2O4/c30-21-14-18-22(15-8-2-1-3-9-15)23-24(27(18,33)17-11-5-7-13-20(17)28-21)26(32)29-19-12-6-4-10-16(19)25(23)31/h1-13,18,22-24,33H,14H2,(H,28,30)(H,29,32)/t18-,22-,23+,24+,27+/m0/s1. The lowest BCUT2D eigenvalue weighted by Gasteiger charge is -2.35. The van der Waals surface area contributed by atoms with Crippen LogP contribution in [0.5, 0.6) is 0 Å². The molecule has 1 fully saturated rings. The van der Waals surface area contributed by atoms with E-state index in [-0.39, 0.29) is 18.1 Å². The Morgan fingerprint density at radius 3 is 2.21 bits per heavy atom. The van der Waals surface area contributed by atoms with Crippen LogP contribution in [-0.4, -0.2) is 22.7 Å². The predicted octanol–water partition coefficient (Wildman–Crippen LogP) is 3.70. The lowest BCUT2D eigenvalue weighted by atomic mass is 9.74. The summed E-state index contributed by atoms with van der Waals surface area (Å²) in [6.45, 7) is 0. The number of rotatable bonds is 1. The summed E-state index contributed by atoms with van der Waals surface area (Å²) in [5.41, 5.74) is 0.955. The van der Waals surface area contributed by atoms with Gasteiger partial charge in [0.2, 0.25) is 11.8 Å². The molecule has 3 aromatic rings. The van der Waals surface area contributed by atoms with Crippen LogP contribution in [0.15, 0.2) is 78.9 Å². The third kappa shape index (κ3) is 2.74. The average Bonchev–Trinajstić information content (AvgIpc) is 2.94. The van der Waals surface area contributed by atoms with Crippen LogP contribution in [0.2, 0.25) is 0 Å². The molecule has 2 aliphatic heterocycles. The largest absolute Gasteiger partial charge is 0.384 e. The highest BCUT2D eigenvalue weighted by Crippen LogP contribution is 2.62. The number of nitrogens with one attached hydrogen (secondary N) is 2. The maximum Gasteiger partial charge on any atom is 0.231 e. The van der Waals surface area contributed by atoms with E-state index in [1.807, 2.05) is 30.3 Å². The quantitative estimate of drug-likeness (QED) is 0.540. The van der Waals surface area contributed by atoms with Gasteiger partial charge >= 0.3 is 0 Å². The van der Waals surface area contributed by atoms with Crippen LogP contribution in [0.1, 0.15) is 33.8 Å². The van der Waals surface area contributed by atoms with Crippen LogP contribution in [0.3, 0.4) is 0 Å². The summed E-state index contributed by atoms with van der Waals surface area (Å²) in [5.74, 6) is -3.88. The van der Waals surface area contributed by atoms with Crippen molar-refractivity contribution in [3.63, 3.8) is 0 Å². The third-order valence-corrected chi connectivity index (χ3v) is 7.48. The maximum absolute atomic E-state index is 14.0. The summed E-state index contributed by atoms with van der Waals surface area (Å²) < 4.78 is 0. The fraction of sp³-hybridized carbons (Fsp3) is 0.222. The summed E-state index contributed by atoms with van der Waals surface area (Å²) in [6.07, 6.45) is -0.0000518. The second-order valence-electron chi connectivity index (χ2n) is 9.07. The summed E-state index contributed by atoms with van der Waals surface area (Å²) in [4.78, 5) is 40.7. The molecule has 0 spiro atoms. The molecule has 0 unspecified atom stereocenters. The number of carbonyl (C=O) groups is 3. The molecule has 33 heavy (non-hydrogen) atoms. The van der Waals surface area contributed by atoms with Gasteiger partial charge in [-0.2, -0.15) is 0 Å². The summed E-state index contributed by atoms with van der Waals surface area (Å²) in [6, 6.07) is 23.4. The Hall–Kier alpha value is -3.77. The van der Waals surface area contributed by atoms with Crippen molar-refractivity contribution in [3.8, 4) is 0 Å². The first kappa shape index (κ1) is 19.9. The number of fused-ring (bicyclic) bond motifs is 6. The Kier molecular flexibility index (Phi) is 4.29. The van der Waals surface area contributed by atoms with Crippen LogP contribution in [-0.2, 0) is 15.2 Å². The van der Waals surface area contributed by atoms with Gasteiger partial charge in [-0.15, -0.1) is 0 Å². The first-order valence-electron chi connectivity index (χ1n) is 11.1. The van der Waals surface area contributed by atoms with E-state index in [1.165, 1.54) is 0 Å². The van der Waals surface area contributed by atoms with Gasteiger partial charge in [-0.05, 0) is 23.8 Å². The van der Waals surface area contributed by atoms with E-state index in [9.17, 15) is 19.5 Å². The Balaban J connectivity index is 1.66. The van der Waals surface area contributed by atoms with Crippen molar-refractivity contribution in [2.45, 2.75) is 17.9 Å². The first-order valence-corrected chi connectivity index (χ1v) is 11.1. The first-order chi connectivity index (χ1) is 16.0. The van der Waals surface area contributed by atoms with Crippen molar-refractivity contribution >= 4 is 29.0 Å². The fourth-order valence-corrected chi connectivity index (χ4v) is 6.22. The minimum atomic E-state index is -1.71. The number of hydrogen-bond donors (Lipinski definition) is 3. The topological polar surface area (TPSA) is 95.5 Å². The molecule has 164 valence electrons. The van der Waals surface area contributed by atoms with E-state index in [4.69, 9.17) is 0 Å². The van der Waals surface area contributed by atoms with Gasteiger partial charge in [0, 0.05) is 41.0 Å². The molecule has 0 aromatic heterocycles. The van der Waals surface area contributed by atoms with Crippen LogP contribution >= 0.6 is 0 Å². The number of aliphatic hydroxyl groups is 1. The van der Waals surface area contributed by atoms with Gasteiger partial charge in [0.25, 0.3) is 0 Å². The second kappa shape index (κ2) is 7.12. The lowest BCUT2D eigenvalue weighted by Crippen LogP contribution is -2.44. The van der Waals surface area contributed by atoms with E-state index >= 15 is 0 Å². The van der Waals surface area contributed by atoms with E-state index in [0.717, 1.165) is 5.56 Å². The number of anilines is 2. The highest BCUT2D eigenvalue weighted by molar-refractivity contribution is 6.13. The molecule has 0 bridgehead atoms. The normalized spacial score (nSPS) is 30.0. The fourth-order valence-electron chi connectivity index (χ4n) is 6.22. The van der Waals surface area contributed by atoms with E-state index in [1.54, 1.807) is 48.5 Å². The molecular formula is C27H22N2O4. The summed E-state index contributed by atoms with van der Waals surface area (Å²) in [5, 5.41) is 18.3. The molecular weight excluding hydrogens is 416 g/mol. The zero-order valence-corrected chi connectivity index (χ0v) is 17.7. The molecule has 2 heterocycles. The number of ketones is 1. The number of hydrogen-bond acceptors (Lipinski definition) is 4. The third-order valence-electron chi connectivity index (χ3n) is 7.48. The molecule has 6 nitrogen and oxygen atoms in total. The van der Waals surface area contributed by atoms with E-state index < -0.39 is 35.2 Å². The van der Waals surface area contributed by atoms with Crippen molar-refractivity contribution in [3.05, 3.63) is 95.6 Å². The number of carbonyl (C=O) groups excluding carboxylic acids is 3. The average molecular weight is 438 g/mol. The molecule has 2 amide bonds. The van der Waals surface area contributed by atoms with Crippen molar-refractivity contribution in [1.82, 2.24) is 0 Å². The number of para-hydroxylation sites is 2. The Labute approximate surface area is 190 Å². The van der Waals surface area contributed by atoms with Gasteiger partial charge in [0.15, 0.2) is 5.78 Å². The van der Waals surface area contributed by atoms with Gasteiger partial charge in [-0.1, -0.05) is 60.7 Å². The predicted molar refractivity (Wildman–Crippen MR) is 123 cm³/mol. The zero-order chi connectivity index (χ0) is 22.7. The molecule has 3 aromatic carbocycles. The highest BCUT2D eigenvalue weighted by atomic mass is 16.3. The lowest BCUT2D eigenvalue weighted by molar-refractivity contribution is -0.133. The van der Waals surface area contributed by atoms with Crippen LogP contribution in [0, 0.1) is 17.8 Å². The number of Topliss-reactive ketones (excluding diaryl/α,β-unsaturated/α-hetero) is 1. The van der Waals surface area contributed by atoms with E-state index in [0.29, 0.717) is 22.5 Å². The van der Waals surface area contributed by atoms with E-state index in [2.05, 4.69) is 10.6 Å². The molecule has 1 aliphatic carbocycles. The molecule has 0 radical (unpaired) electrons. The maximum atomic E-state index is 14.0.